The monoisotopic (exact) mass is 334 g/mol. The lowest BCUT2D eigenvalue weighted by Gasteiger charge is -2.33. The van der Waals surface area contributed by atoms with Crippen molar-refractivity contribution in [1.82, 2.24) is 9.96 Å². The summed E-state index contributed by atoms with van der Waals surface area (Å²) in [6.07, 6.45) is 2.64. The number of nitrogens with zero attached hydrogens (tertiary/aromatic N) is 2. The minimum absolute atomic E-state index is 0.00531. The van der Waals surface area contributed by atoms with Gasteiger partial charge in [-0.25, -0.2) is 5.06 Å². The lowest BCUT2D eigenvalue weighted by atomic mass is 9.91. The maximum absolute atomic E-state index is 12.5. The van der Waals surface area contributed by atoms with Gasteiger partial charge in [0.2, 0.25) is 0 Å². The second-order valence-electron chi connectivity index (χ2n) is 7.26. The standard InChI is InChI=1S/C18H26N2O4/c1-12-8-15(23-13(12)2)10-19-6-4-14-9-16(24-17(14)11-19)18(21)20-5-3-7-22-20/h8,14,16-17H,3-7,9-11H2,1-2H3/t14-,16-,17+/m0/s1. The van der Waals surface area contributed by atoms with Crippen LogP contribution in [0.2, 0.25) is 0 Å². The largest absolute Gasteiger partial charge is 0.465 e. The van der Waals surface area contributed by atoms with Gasteiger partial charge in [-0.2, -0.15) is 0 Å². The van der Waals surface area contributed by atoms with E-state index < -0.39 is 0 Å². The van der Waals surface area contributed by atoms with Crippen LogP contribution in [0.1, 0.15) is 36.3 Å². The molecule has 4 rings (SSSR count). The zero-order chi connectivity index (χ0) is 16.7. The SMILES string of the molecule is Cc1cc(CN2CC[C@H]3C[C@@H](C(=O)N4CCCO4)O[C@@H]3C2)oc1C. The van der Waals surface area contributed by atoms with Crippen LogP contribution in [-0.2, 0) is 20.9 Å². The number of carbonyl (C=O) groups is 1. The van der Waals surface area contributed by atoms with E-state index in [4.69, 9.17) is 14.0 Å². The van der Waals surface area contributed by atoms with Crippen molar-refractivity contribution in [2.75, 3.05) is 26.2 Å². The van der Waals surface area contributed by atoms with Gasteiger partial charge < -0.3 is 9.15 Å². The molecule has 0 saturated carbocycles. The van der Waals surface area contributed by atoms with Crippen LogP contribution >= 0.6 is 0 Å². The minimum atomic E-state index is -0.328. The Hall–Kier alpha value is -1.37. The molecule has 0 radical (unpaired) electrons. The lowest BCUT2D eigenvalue weighted by molar-refractivity contribution is -0.180. The molecule has 24 heavy (non-hydrogen) atoms. The third kappa shape index (κ3) is 3.10. The van der Waals surface area contributed by atoms with Gasteiger partial charge in [-0.15, -0.1) is 0 Å². The maximum Gasteiger partial charge on any atom is 0.275 e. The predicted molar refractivity (Wildman–Crippen MR) is 87.1 cm³/mol. The molecule has 6 nitrogen and oxygen atoms in total. The Labute approximate surface area is 142 Å². The molecule has 4 heterocycles. The normalized spacial score (nSPS) is 30.8. The molecule has 3 aliphatic rings. The van der Waals surface area contributed by atoms with Gasteiger partial charge in [0, 0.05) is 6.54 Å². The van der Waals surface area contributed by atoms with E-state index >= 15 is 0 Å². The number of rotatable bonds is 3. The van der Waals surface area contributed by atoms with Gasteiger partial charge in [-0.1, -0.05) is 0 Å². The number of ether oxygens (including phenoxy) is 1. The second-order valence-corrected chi connectivity index (χ2v) is 7.26. The molecule has 6 heteroatoms. The van der Waals surface area contributed by atoms with E-state index in [0.29, 0.717) is 19.1 Å². The minimum Gasteiger partial charge on any atom is -0.465 e. The van der Waals surface area contributed by atoms with Crippen molar-refractivity contribution in [3.63, 3.8) is 0 Å². The Kier molecular flexibility index (Phi) is 4.37. The Bertz CT molecular complexity index is 589. The predicted octanol–water partition coefficient (Wildman–Crippen LogP) is 2.04. The average molecular weight is 334 g/mol. The first-order valence-corrected chi connectivity index (χ1v) is 8.98. The molecule has 1 amide bonds. The van der Waals surface area contributed by atoms with Crippen LogP contribution in [0.3, 0.4) is 0 Å². The molecule has 1 aromatic rings. The Balaban J connectivity index is 1.34. The molecule has 0 bridgehead atoms. The number of hydrogen-bond acceptors (Lipinski definition) is 5. The smallest absolute Gasteiger partial charge is 0.275 e. The number of aryl methyl sites for hydroxylation is 2. The summed E-state index contributed by atoms with van der Waals surface area (Å²) in [5, 5.41) is 1.49. The van der Waals surface area contributed by atoms with Gasteiger partial charge >= 0.3 is 0 Å². The van der Waals surface area contributed by atoms with Crippen molar-refractivity contribution in [1.29, 1.82) is 0 Å². The van der Waals surface area contributed by atoms with Crippen LogP contribution in [0, 0.1) is 19.8 Å². The summed E-state index contributed by atoms with van der Waals surface area (Å²) in [5.41, 5.74) is 1.20. The molecule has 1 aromatic heterocycles. The third-order valence-corrected chi connectivity index (χ3v) is 5.51. The Morgan fingerprint density at radius 1 is 1.33 bits per heavy atom. The fourth-order valence-electron chi connectivity index (χ4n) is 4.03. The summed E-state index contributed by atoms with van der Waals surface area (Å²) in [4.78, 5) is 20.2. The molecule has 0 unspecified atom stereocenters. The first-order chi connectivity index (χ1) is 11.6. The van der Waals surface area contributed by atoms with Crippen molar-refractivity contribution in [3.05, 3.63) is 23.2 Å². The maximum atomic E-state index is 12.5. The van der Waals surface area contributed by atoms with E-state index in [9.17, 15) is 4.79 Å². The first-order valence-electron chi connectivity index (χ1n) is 8.98. The van der Waals surface area contributed by atoms with Crippen LogP contribution in [0.5, 0.6) is 0 Å². The van der Waals surface area contributed by atoms with E-state index in [-0.39, 0.29) is 18.1 Å². The van der Waals surface area contributed by atoms with Crippen LogP contribution in [-0.4, -0.2) is 54.3 Å². The highest BCUT2D eigenvalue weighted by molar-refractivity contribution is 5.80. The summed E-state index contributed by atoms with van der Waals surface area (Å²) in [7, 11) is 0. The van der Waals surface area contributed by atoms with Crippen molar-refractivity contribution in [3.8, 4) is 0 Å². The van der Waals surface area contributed by atoms with Gasteiger partial charge in [0.15, 0.2) is 0 Å². The highest BCUT2D eigenvalue weighted by atomic mass is 16.7. The quantitative estimate of drug-likeness (QED) is 0.847. The van der Waals surface area contributed by atoms with Crippen molar-refractivity contribution >= 4 is 5.91 Å². The van der Waals surface area contributed by atoms with Gasteiger partial charge in [-0.05, 0) is 57.2 Å². The summed E-state index contributed by atoms with van der Waals surface area (Å²) in [5.74, 6) is 2.50. The van der Waals surface area contributed by atoms with Gasteiger partial charge in [0.1, 0.15) is 17.6 Å². The highest BCUT2D eigenvalue weighted by Gasteiger charge is 2.43. The average Bonchev–Trinajstić information content (AvgIpc) is 3.28. The number of furan rings is 1. The molecule has 0 spiro atoms. The second kappa shape index (κ2) is 6.50. The van der Waals surface area contributed by atoms with Gasteiger partial charge in [0.05, 0.1) is 25.8 Å². The number of fused-ring (bicyclic) bond motifs is 1. The number of carbonyl (C=O) groups excluding carboxylic acids is 1. The molecule has 0 aliphatic carbocycles. The summed E-state index contributed by atoms with van der Waals surface area (Å²) >= 11 is 0. The van der Waals surface area contributed by atoms with E-state index in [1.165, 1.54) is 10.6 Å². The Morgan fingerprint density at radius 2 is 2.21 bits per heavy atom. The van der Waals surface area contributed by atoms with Gasteiger partial charge in [0.25, 0.3) is 5.91 Å². The zero-order valence-corrected chi connectivity index (χ0v) is 14.5. The molecule has 3 fully saturated rings. The van der Waals surface area contributed by atoms with E-state index in [1.807, 2.05) is 6.92 Å². The van der Waals surface area contributed by atoms with E-state index in [1.54, 1.807) is 0 Å². The fourth-order valence-corrected chi connectivity index (χ4v) is 4.03. The third-order valence-electron chi connectivity index (χ3n) is 5.51. The van der Waals surface area contributed by atoms with Crippen LogP contribution in [0.25, 0.3) is 0 Å². The molecule has 0 N–H and O–H groups in total. The van der Waals surface area contributed by atoms with Crippen molar-refractivity contribution in [2.24, 2.45) is 5.92 Å². The van der Waals surface area contributed by atoms with E-state index in [0.717, 1.165) is 50.4 Å². The first kappa shape index (κ1) is 16.1. The molecular weight excluding hydrogens is 308 g/mol. The molecule has 132 valence electrons. The van der Waals surface area contributed by atoms with Gasteiger partial charge in [-0.3, -0.25) is 14.5 Å². The summed E-state index contributed by atoms with van der Waals surface area (Å²) in [6, 6.07) is 2.12. The number of piperidine rings is 1. The number of likely N-dealkylation sites (tertiary alicyclic amines) is 1. The topological polar surface area (TPSA) is 55.2 Å². The molecule has 3 saturated heterocycles. The number of amides is 1. The summed E-state index contributed by atoms with van der Waals surface area (Å²) in [6.45, 7) is 8.12. The molecular formula is C18H26N2O4. The van der Waals surface area contributed by atoms with Crippen molar-refractivity contribution < 1.29 is 18.8 Å². The van der Waals surface area contributed by atoms with Crippen molar-refractivity contribution in [2.45, 2.75) is 51.9 Å². The molecule has 0 aromatic carbocycles. The number of hydrogen-bond donors (Lipinski definition) is 0. The van der Waals surface area contributed by atoms with Crippen LogP contribution in [0.15, 0.2) is 10.5 Å². The molecule has 3 aliphatic heterocycles. The Morgan fingerprint density at radius 3 is 2.92 bits per heavy atom. The van der Waals surface area contributed by atoms with E-state index in [2.05, 4.69) is 17.9 Å². The van der Waals surface area contributed by atoms with Crippen LogP contribution < -0.4 is 0 Å². The number of hydroxylamine groups is 2. The molecule has 3 atom stereocenters. The lowest BCUT2D eigenvalue weighted by Crippen LogP contribution is -2.42. The fraction of sp³-hybridized carbons (Fsp3) is 0.722. The summed E-state index contributed by atoms with van der Waals surface area (Å²) < 4.78 is 11.9. The zero-order valence-electron chi connectivity index (χ0n) is 14.5. The highest BCUT2D eigenvalue weighted by Crippen LogP contribution is 2.35. The van der Waals surface area contributed by atoms with Crippen LogP contribution in [0.4, 0.5) is 0 Å².